The molecule has 24 heavy (non-hydrogen) atoms. The highest BCUT2D eigenvalue weighted by Gasteiger charge is 2.11. The van der Waals surface area contributed by atoms with Crippen molar-refractivity contribution in [3.8, 4) is 0 Å². The molecule has 0 amide bonds. The fraction of sp³-hybridized carbons (Fsp3) is 0.368. The zero-order chi connectivity index (χ0) is 17.4. The lowest BCUT2D eigenvalue weighted by atomic mass is 10.1. The number of para-hydroxylation sites is 1. The lowest BCUT2D eigenvalue weighted by Crippen LogP contribution is -2.25. The fourth-order valence-corrected chi connectivity index (χ4v) is 2.59. The van der Waals surface area contributed by atoms with Gasteiger partial charge in [0, 0.05) is 32.1 Å². The van der Waals surface area contributed by atoms with E-state index in [1.165, 1.54) is 0 Å². The van der Waals surface area contributed by atoms with E-state index in [0.717, 1.165) is 41.2 Å². The van der Waals surface area contributed by atoms with E-state index in [-0.39, 0.29) is 0 Å². The predicted molar refractivity (Wildman–Crippen MR) is 100 cm³/mol. The largest absolute Gasteiger partial charge is 0.383 e. The summed E-state index contributed by atoms with van der Waals surface area (Å²) in [6.07, 6.45) is 3.76. The van der Waals surface area contributed by atoms with Gasteiger partial charge in [-0.25, -0.2) is 9.97 Å². The molecule has 0 radical (unpaired) electrons. The first-order valence-corrected chi connectivity index (χ1v) is 8.12. The molecule has 0 saturated carbocycles. The molecule has 2 aromatic rings. The van der Waals surface area contributed by atoms with Crippen LogP contribution in [0.1, 0.15) is 11.4 Å². The zero-order valence-corrected chi connectivity index (χ0v) is 14.6. The SMILES string of the molecule is C=CCN(CC=C)Cc1nc(NCCOC)c2cccc(C)c2n1. The molecule has 1 aromatic heterocycles. The number of nitrogens with one attached hydrogen (secondary N) is 1. The van der Waals surface area contributed by atoms with E-state index in [2.05, 4.69) is 36.4 Å². The molecule has 0 atom stereocenters. The molecule has 0 spiro atoms. The Bertz CT molecular complexity index is 689. The smallest absolute Gasteiger partial charge is 0.145 e. The number of benzene rings is 1. The molecule has 0 aliphatic heterocycles. The van der Waals surface area contributed by atoms with Crippen LogP contribution < -0.4 is 5.32 Å². The second-order valence-electron chi connectivity index (χ2n) is 5.65. The van der Waals surface area contributed by atoms with Gasteiger partial charge in [-0.1, -0.05) is 24.3 Å². The first-order chi connectivity index (χ1) is 11.7. The minimum atomic E-state index is 0.631. The van der Waals surface area contributed by atoms with Crippen molar-refractivity contribution >= 4 is 16.7 Å². The summed E-state index contributed by atoms with van der Waals surface area (Å²) in [7, 11) is 1.69. The van der Waals surface area contributed by atoms with Gasteiger partial charge < -0.3 is 10.1 Å². The minimum absolute atomic E-state index is 0.631. The Morgan fingerprint density at radius 1 is 1.21 bits per heavy atom. The molecule has 0 fully saturated rings. The standard InChI is InChI=1S/C19H26N4O/c1-5-11-23(12-6-2)14-17-21-18-15(3)8-7-9-16(18)19(22-17)20-10-13-24-4/h5-9H,1-2,10-14H2,3-4H3,(H,20,21,22). The molecule has 128 valence electrons. The van der Waals surface area contributed by atoms with Crippen molar-refractivity contribution in [2.75, 3.05) is 38.7 Å². The van der Waals surface area contributed by atoms with E-state index >= 15 is 0 Å². The quantitative estimate of drug-likeness (QED) is 0.537. The van der Waals surface area contributed by atoms with Crippen LogP contribution in [0, 0.1) is 6.92 Å². The van der Waals surface area contributed by atoms with E-state index in [9.17, 15) is 0 Å². The number of anilines is 1. The lowest BCUT2D eigenvalue weighted by Gasteiger charge is -2.19. The van der Waals surface area contributed by atoms with Gasteiger partial charge in [-0.05, 0) is 18.6 Å². The summed E-state index contributed by atoms with van der Waals surface area (Å²) >= 11 is 0. The topological polar surface area (TPSA) is 50.3 Å². The molecular weight excluding hydrogens is 300 g/mol. The van der Waals surface area contributed by atoms with Crippen molar-refractivity contribution in [1.29, 1.82) is 0 Å². The van der Waals surface area contributed by atoms with Gasteiger partial charge >= 0.3 is 0 Å². The Balaban J connectivity index is 2.36. The average Bonchev–Trinajstić information content (AvgIpc) is 2.56. The van der Waals surface area contributed by atoms with Gasteiger partial charge in [-0.2, -0.15) is 0 Å². The summed E-state index contributed by atoms with van der Waals surface area (Å²) in [5, 5.41) is 4.39. The molecule has 0 unspecified atom stereocenters. The predicted octanol–water partition coefficient (Wildman–Crippen LogP) is 3.17. The number of hydrogen-bond donors (Lipinski definition) is 1. The second kappa shape index (κ2) is 9.15. The molecular formula is C19H26N4O. The molecule has 0 saturated heterocycles. The highest BCUT2D eigenvalue weighted by Crippen LogP contribution is 2.23. The van der Waals surface area contributed by atoms with Crippen molar-refractivity contribution in [1.82, 2.24) is 14.9 Å². The zero-order valence-electron chi connectivity index (χ0n) is 14.6. The summed E-state index contributed by atoms with van der Waals surface area (Å²) in [4.78, 5) is 11.7. The van der Waals surface area contributed by atoms with Crippen LogP contribution in [0.2, 0.25) is 0 Å². The third kappa shape index (κ3) is 4.63. The maximum absolute atomic E-state index is 5.12. The van der Waals surface area contributed by atoms with Crippen molar-refractivity contribution in [2.24, 2.45) is 0 Å². The molecule has 1 aromatic carbocycles. The maximum Gasteiger partial charge on any atom is 0.145 e. The molecule has 5 nitrogen and oxygen atoms in total. The fourth-order valence-electron chi connectivity index (χ4n) is 2.59. The van der Waals surface area contributed by atoms with Crippen LogP contribution in [-0.2, 0) is 11.3 Å². The Morgan fingerprint density at radius 2 is 1.96 bits per heavy atom. The first kappa shape index (κ1) is 18.1. The van der Waals surface area contributed by atoms with Crippen LogP contribution in [0.15, 0.2) is 43.5 Å². The number of aryl methyl sites for hydroxylation is 1. The van der Waals surface area contributed by atoms with Crippen LogP contribution in [0.4, 0.5) is 5.82 Å². The molecule has 2 rings (SSSR count). The van der Waals surface area contributed by atoms with Crippen LogP contribution >= 0.6 is 0 Å². The summed E-state index contributed by atoms with van der Waals surface area (Å²) in [6, 6.07) is 6.15. The number of fused-ring (bicyclic) bond motifs is 1. The van der Waals surface area contributed by atoms with Crippen LogP contribution in [-0.4, -0.2) is 48.2 Å². The monoisotopic (exact) mass is 326 g/mol. The van der Waals surface area contributed by atoms with Crippen molar-refractivity contribution in [3.63, 3.8) is 0 Å². The van der Waals surface area contributed by atoms with Crippen LogP contribution in [0.5, 0.6) is 0 Å². The van der Waals surface area contributed by atoms with Gasteiger partial charge in [0.1, 0.15) is 11.6 Å². The highest BCUT2D eigenvalue weighted by atomic mass is 16.5. The van der Waals surface area contributed by atoms with Gasteiger partial charge in [-0.15, -0.1) is 13.2 Å². The molecule has 1 N–H and O–H groups in total. The van der Waals surface area contributed by atoms with Gasteiger partial charge in [0.2, 0.25) is 0 Å². The third-order valence-corrected chi connectivity index (χ3v) is 3.71. The van der Waals surface area contributed by atoms with E-state index in [4.69, 9.17) is 14.7 Å². The molecule has 0 aliphatic rings. The second-order valence-corrected chi connectivity index (χ2v) is 5.65. The average molecular weight is 326 g/mol. The normalized spacial score (nSPS) is 11.0. The summed E-state index contributed by atoms with van der Waals surface area (Å²) in [5.74, 6) is 1.65. The van der Waals surface area contributed by atoms with Crippen LogP contribution in [0.25, 0.3) is 10.9 Å². The number of ether oxygens (including phenoxy) is 1. The molecule has 1 heterocycles. The maximum atomic E-state index is 5.12. The van der Waals surface area contributed by atoms with Crippen LogP contribution in [0.3, 0.4) is 0 Å². The van der Waals surface area contributed by atoms with E-state index in [1.54, 1.807) is 7.11 Å². The number of hydrogen-bond acceptors (Lipinski definition) is 5. The van der Waals surface area contributed by atoms with Crippen molar-refractivity contribution in [3.05, 3.63) is 54.9 Å². The summed E-state index contributed by atoms with van der Waals surface area (Å²) in [6.45, 7) is 13.2. The first-order valence-electron chi connectivity index (χ1n) is 8.12. The van der Waals surface area contributed by atoms with Crippen molar-refractivity contribution in [2.45, 2.75) is 13.5 Å². The van der Waals surface area contributed by atoms with Gasteiger partial charge in [0.05, 0.1) is 18.7 Å². The Labute approximate surface area is 144 Å². The number of nitrogens with zero attached hydrogens (tertiary/aromatic N) is 3. The lowest BCUT2D eigenvalue weighted by molar-refractivity contribution is 0.210. The number of aromatic nitrogens is 2. The molecule has 5 heteroatoms. The number of methoxy groups -OCH3 is 1. The third-order valence-electron chi connectivity index (χ3n) is 3.71. The van der Waals surface area contributed by atoms with E-state index < -0.39 is 0 Å². The summed E-state index contributed by atoms with van der Waals surface area (Å²) < 4.78 is 5.12. The van der Waals surface area contributed by atoms with E-state index in [0.29, 0.717) is 19.7 Å². The van der Waals surface area contributed by atoms with E-state index in [1.807, 2.05) is 24.3 Å². The molecule has 0 aliphatic carbocycles. The summed E-state index contributed by atoms with van der Waals surface area (Å²) in [5.41, 5.74) is 2.13. The Hall–Kier alpha value is -2.24. The molecule has 0 bridgehead atoms. The number of rotatable bonds is 10. The van der Waals surface area contributed by atoms with Gasteiger partial charge in [0.25, 0.3) is 0 Å². The highest BCUT2D eigenvalue weighted by molar-refractivity contribution is 5.91. The van der Waals surface area contributed by atoms with Gasteiger partial charge in [-0.3, -0.25) is 4.90 Å². The minimum Gasteiger partial charge on any atom is -0.383 e. The van der Waals surface area contributed by atoms with Crippen molar-refractivity contribution < 1.29 is 4.74 Å². The van der Waals surface area contributed by atoms with Gasteiger partial charge in [0.15, 0.2) is 0 Å². The Morgan fingerprint density at radius 3 is 2.62 bits per heavy atom. The Kier molecular flexibility index (Phi) is 6.90.